The fourth-order valence-corrected chi connectivity index (χ4v) is 3.63. The van der Waals surface area contributed by atoms with E-state index in [0.29, 0.717) is 12.5 Å². The zero-order valence-electron chi connectivity index (χ0n) is 17.2. The van der Waals surface area contributed by atoms with Gasteiger partial charge in [-0.2, -0.15) is 4.39 Å². The van der Waals surface area contributed by atoms with Crippen LogP contribution in [0.25, 0.3) is 16.9 Å². The minimum Gasteiger partial charge on any atom is -0.493 e. The lowest BCUT2D eigenvalue weighted by molar-refractivity contribution is 0.190. The molecule has 1 atom stereocenters. The third-order valence-corrected chi connectivity index (χ3v) is 5.31. The Kier molecular flexibility index (Phi) is 7.40. The molecule has 1 heterocycles. The molecule has 0 radical (unpaired) electrons. The van der Waals surface area contributed by atoms with E-state index in [9.17, 15) is 17.6 Å². The molecule has 2 nitrogen and oxygen atoms in total. The summed E-state index contributed by atoms with van der Waals surface area (Å²) >= 11 is 0. The topological polar surface area (TPSA) is 18.5 Å². The van der Waals surface area contributed by atoms with Crippen LogP contribution in [0.2, 0.25) is 0 Å². The predicted octanol–water partition coefficient (Wildman–Crippen LogP) is 7.27. The minimum absolute atomic E-state index is 0.0184. The van der Waals surface area contributed by atoms with Gasteiger partial charge in [-0.15, -0.1) is 0 Å². The molecule has 3 rings (SSSR count). The summed E-state index contributed by atoms with van der Waals surface area (Å²) < 4.78 is 68.8. The molecule has 0 N–H and O–H groups in total. The van der Waals surface area contributed by atoms with Crippen molar-refractivity contribution in [1.29, 1.82) is 0 Å². The zero-order chi connectivity index (χ0) is 21.7. The molecule has 0 saturated heterocycles. The number of ether oxygens (including phenoxy) is 2. The van der Waals surface area contributed by atoms with Gasteiger partial charge in [0.1, 0.15) is 5.76 Å². The van der Waals surface area contributed by atoms with Crippen LogP contribution in [0, 0.1) is 29.2 Å². The van der Waals surface area contributed by atoms with Gasteiger partial charge in [0.25, 0.3) is 0 Å². The monoisotopic (exact) mass is 422 g/mol. The number of hydrogen-bond donors (Lipinski definition) is 0. The first-order chi connectivity index (χ1) is 14.5. The molecular formula is C24H26F4O2. The van der Waals surface area contributed by atoms with E-state index in [0.717, 1.165) is 32.1 Å². The van der Waals surface area contributed by atoms with E-state index in [4.69, 9.17) is 9.47 Å². The van der Waals surface area contributed by atoms with E-state index in [1.807, 2.05) is 0 Å². The number of rotatable bonds is 8. The maximum atomic E-state index is 14.8. The van der Waals surface area contributed by atoms with Gasteiger partial charge in [-0.3, -0.25) is 0 Å². The predicted molar refractivity (Wildman–Crippen MR) is 109 cm³/mol. The van der Waals surface area contributed by atoms with Crippen molar-refractivity contribution in [3.63, 3.8) is 0 Å². The van der Waals surface area contributed by atoms with Gasteiger partial charge in [-0.25, -0.2) is 13.2 Å². The summed E-state index contributed by atoms with van der Waals surface area (Å²) in [7, 11) is 0. The zero-order valence-corrected chi connectivity index (χ0v) is 17.2. The molecule has 0 saturated carbocycles. The van der Waals surface area contributed by atoms with E-state index >= 15 is 0 Å². The molecule has 162 valence electrons. The summed E-state index contributed by atoms with van der Waals surface area (Å²) in [5.74, 6) is -4.52. The van der Waals surface area contributed by atoms with E-state index in [1.54, 1.807) is 13.0 Å². The van der Waals surface area contributed by atoms with Crippen LogP contribution in [-0.2, 0) is 4.74 Å². The van der Waals surface area contributed by atoms with E-state index in [2.05, 4.69) is 6.92 Å². The van der Waals surface area contributed by atoms with Crippen molar-refractivity contribution >= 4 is 5.76 Å². The fourth-order valence-electron chi connectivity index (χ4n) is 3.63. The highest BCUT2D eigenvalue weighted by atomic mass is 19.2. The van der Waals surface area contributed by atoms with Crippen LogP contribution < -0.4 is 4.74 Å². The Bertz CT molecular complexity index is 924. The molecule has 0 fully saturated rings. The Morgan fingerprint density at radius 1 is 0.867 bits per heavy atom. The molecule has 1 aliphatic rings. The maximum Gasteiger partial charge on any atom is 0.201 e. The molecule has 6 heteroatoms. The van der Waals surface area contributed by atoms with Crippen molar-refractivity contribution in [2.75, 3.05) is 13.2 Å². The van der Waals surface area contributed by atoms with Gasteiger partial charge in [-0.1, -0.05) is 32.3 Å². The van der Waals surface area contributed by atoms with Crippen LogP contribution in [-0.4, -0.2) is 13.2 Å². The Balaban J connectivity index is 1.84. The molecule has 0 bridgehead atoms. The summed E-state index contributed by atoms with van der Waals surface area (Å²) in [5, 5.41) is 0. The van der Waals surface area contributed by atoms with Gasteiger partial charge in [0, 0.05) is 11.1 Å². The number of allylic oxidation sites excluding steroid dienone is 1. The van der Waals surface area contributed by atoms with Crippen molar-refractivity contribution in [2.24, 2.45) is 5.92 Å². The van der Waals surface area contributed by atoms with Crippen LogP contribution in [0.3, 0.4) is 0 Å². The third-order valence-electron chi connectivity index (χ3n) is 5.31. The van der Waals surface area contributed by atoms with Crippen molar-refractivity contribution in [1.82, 2.24) is 0 Å². The number of benzene rings is 2. The lowest BCUT2D eigenvalue weighted by atomic mass is 9.95. The van der Waals surface area contributed by atoms with Crippen molar-refractivity contribution in [3.05, 3.63) is 59.2 Å². The Morgan fingerprint density at radius 3 is 2.13 bits per heavy atom. The Morgan fingerprint density at radius 2 is 1.50 bits per heavy atom. The van der Waals surface area contributed by atoms with Crippen molar-refractivity contribution in [3.8, 4) is 16.9 Å². The SMILES string of the molecule is CCCCCC1CC=C(c2ccc(-c3ccc(OCC)c(F)c3F)c(F)c2F)OC1. The first-order valence-electron chi connectivity index (χ1n) is 10.4. The maximum absolute atomic E-state index is 14.8. The highest BCUT2D eigenvalue weighted by Crippen LogP contribution is 2.35. The number of hydrogen-bond acceptors (Lipinski definition) is 2. The average molecular weight is 422 g/mol. The molecule has 0 amide bonds. The van der Waals surface area contributed by atoms with Gasteiger partial charge in [0.2, 0.25) is 5.82 Å². The van der Waals surface area contributed by atoms with Crippen molar-refractivity contribution < 1.29 is 27.0 Å². The second kappa shape index (κ2) is 10.0. The molecule has 0 aromatic heterocycles. The normalized spacial score (nSPS) is 16.2. The van der Waals surface area contributed by atoms with Crippen LogP contribution in [0.4, 0.5) is 17.6 Å². The summed E-state index contributed by atoms with van der Waals surface area (Å²) in [5.41, 5.74) is -0.743. The van der Waals surface area contributed by atoms with Crippen LogP contribution in [0.5, 0.6) is 5.75 Å². The third kappa shape index (κ3) is 4.63. The average Bonchev–Trinajstić information content (AvgIpc) is 2.75. The highest BCUT2D eigenvalue weighted by molar-refractivity contribution is 5.70. The second-order valence-corrected chi connectivity index (χ2v) is 7.44. The first-order valence-corrected chi connectivity index (χ1v) is 10.4. The molecule has 30 heavy (non-hydrogen) atoms. The largest absolute Gasteiger partial charge is 0.493 e. The molecule has 2 aromatic carbocycles. The molecule has 1 unspecified atom stereocenters. The summed E-state index contributed by atoms with van der Waals surface area (Å²) in [4.78, 5) is 0. The lowest BCUT2D eigenvalue weighted by Gasteiger charge is -2.23. The summed E-state index contributed by atoms with van der Waals surface area (Å²) in [6.07, 6.45) is 6.97. The highest BCUT2D eigenvalue weighted by Gasteiger charge is 2.24. The van der Waals surface area contributed by atoms with Gasteiger partial charge in [0.05, 0.1) is 18.8 Å². The molecule has 0 spiro atoms. The van der Waals surface area contributed by atoms with Crippen molar-refractivity contribution in [2.45, 2.75) is 46.0 Å². The van der Waals surface area contributed by atoms with E-state index < -0.39 is 23.3 Å². The fraction of sp³-hybridized carbons (Fsp3) is 0.417. The Labute approximate surface area is 174 Å². The smallest absolute Gasteiger partial charge is 0.201 e. The summed E-state index contributed by atoms with van der Waals surface area (Å²) in [6.45, 7) is 4.39. The van der Waals surface area contributed by atoms with Gasteiger partial charge < -0.3 is 9.47 Å². The van der Waals surface area contributed by atoms with E-state index in [1.165, 1.54) is 24.3 Å². The molecule has 1 aliphatic heterocycles. The molecular weight excluding hydrogens is 396 g/mol. The standard InChI is InChI=1S/C24H26F4O2/c1-3-5-6-7-15-8-12-19(30-14-15)18-10-9-16(21(25)23(18)27)17-11-13-20(29-4-2)24(28)22(17)26/h9-13,15H,3-8,14H2,1-2H3. The number of unbranched alkanes of at least 4 members (excludes halogenated alkanes) is 2. The Hall–Kier alpha value is -2.50. The number of halogens is 4. The molecule has 0 aliphatic carbocycles. The minimum atomic E-state index is -1.28. The first kappa shape index (κ1) is 22.2. The van der Waals surface area contributed by atoms with E-state index in [-0.39, 0.29) is 34.8 Å². The van der Waals surface area contributed by atoms with Gasteiger partial charge in [-0.05, 0) is 50.0 Å². The lowest BCUT2D eigenvalue weighted by Crippen LogP contribution is -2.14. The molecule has 2 aromatic rings. The van der Waals surface area contributed by atoms with Gasteiger partial charge >= 0.3 is 0 Å². The quantitative estimate of drug-likeness (QED) is 0.329. The van der Waals surface area contributed by atoms with Crippen LogP contribution in [0.1, 0.15) is 51.5 Å². The van der Waals surface area contributed by atoms with Crippen LogP contribution >= 0.6 is 0 Å². The van der Waals surface area contributed by atoms with Crippen LogP contribution in [0.15, 0.2) is 30.3 Å². The summed E-state index contributed by atoms with van der Waals surface area (Å²) in [6, 6.07) is 4.96. The van der Waals surface area contributed by atoms with Gasteiger partial charge in [0.15, 0.2) is 23.2 Å². The second-order valence-electron chi connectivity index (χ2n) is 7.44.